The van der Waals surface area contributed by atoms with E-state index in [9.17, 15) is 4.79 Å². The van der Waals surface area contributed by atoms with Crippen LogP contribution in [0.1, 0.15) is 25.5 Å². The number of anilines is 2. The van der Waals surface area contributed by atoms with E-state index in [1.165, 1.54) is 0 Å². The lowest BCUT2D eigenvalue weighted by Gasteiger charge is -2.27. The van der Waals surface area contributed by atoms with Crippen molar-refractivity contribution in [3.63, 3.8) is 0 Å². The van der Waals surface area contributed by atoms with Crippen LogP contribution in [0, 0.1) is 0 Å². The molecule has 5 heterocycles. The number of nitrogen functional groups attached to an aromatic ring is 1. The zero-order valence-corrected chi connectivity index (χ0v) is 23.4. The fourth-order valence-corrected chi connectivity index (χ4v) is 6.14. The fraction of sp³-hybridized carbons (Fsp3) is 0.310. The molecule has 0 spiro atoms. The van der Waals surface area contributed by atoms with Gasteiger partial charge >= 0.3 is 0 Å². The number of nitrogens with zero attached hydrogens (tertiary/aromatic N) is 5. The summed E-state index contributed by atoms with van der Waals surface area (Å²) in [5.41, 5.74) is 10.6. The number of ether oxygens (including phenoxy) is 2. The SMILES string of the molecule is Nc1c(-c2cccc3c2cnn3C2CCCCO2)cc(Br)c2nc(-c3ccc(N4CCOCC4)nc3)[nH]c(=O)c12. The molecule has 0 bridgehead atoms. The molecule has 2 aliphatic heterocycles. The van der Waals surface area contributed by atoms with Gasteiger partial charge in [-0.2, -0.15) is 5.10 Å². The monoisotopic (exact) mass is 601 g/mol. The smallest absolute Gasteiger partial charge is 0.261 e. The van der Waals surface area contributed by atoms with Crippen LogP contribution in [0.3, 0.4) is 0 Å². The lowest BCUT2D eigenvalue weighted by molar-refractivity contribution is -0.0366. The number of aromatic amines is 1. The van der Waals surface area contributed by atoms with Gasteiger partial charge in [0.2, 0.25) is 0 Å². The Morgan fingerprint density at radius 2 is 1.93 bits per heavy atom. The minimum atomic E-state index is -0.309. The molecule has 3 aromatic heterocycles. The standard InChI is InChI=1S/C29H28BrN7O3/c30-21-14-19(18-4-3-5-22-20(18)16-33-37(22)24-6-1-2-11-40-24)26(31)25-27(21)34-28(35-29(25)38)17-7-8-23(32-15-17)36-9-12-39-13-10-36/h3-5,7-8,14-16,24H,1-2,6,9-13,31H2,(H,34,35,38). The van der Waals surface area contributed by atoms with Gasteiger partial charge in [-0.1, -0.05) is 12.1 Å². The Labute approximate surface area is 238 Å². The van der Waals surface area contributed by atoms with Crippen molar-refractivity contribution in [3.05, 3.63) is 63.6 Å². The molecule has 2 aromatic carbocycles. The molecule has 0 saturated carbocycles. The molecule has 5 aromatic rings. The highest BCUT2D eigenvalue weighted by molar-refractivity contribution is 9.10. The van der Waals surface area contributed by atoms with Gasteiger partial charge in [-0.3, -0.25) is 4.79 Å². The zero-order chi connectivity index (χ0) is 27.2. The predicted molar refractivity (Wildman–Crippen MR) is 158 cm³/mol. The summed E-state index contributed by atoms with van der Waals surface area (Å²) in [4.78, 5) is 27.9. The molecule has 204 valence electrons. The van der Waals surface area contributed by atoms with Crippen LogP contribution in [0.4, 0.5) is 11.5 Å². The van der Waals surface area contributed by atoms with Crippen LogP contribution in [0.2, 0.25) is 0 Å². The summed E-state index contributed by atoms with van der Waals surface area (Å²) in [5, 5.41) is 5.95. The summed E-state index contributed by atoms with van der Waals surface area (Å²) in [6.07, 6.45) is 6.61. The van der Waals surface area contributed by atoms with Crippen molar-refractivity contribution in [2.45, 2.75) is 25.5 Å². The first kappa shape index (κ1) is 25.2. The summed E-state index contributed by atoms with van der Waals surface area (Å²) in [6, 6.07) is 11.8. The van der Waals surface area contributed by atoms with Crippen LogP contribution in [0.15, 0.2) is 58.1 Å². The van der Waals surface area contributed by atoms with Crippen molar-refractivity contribution in [1.82, 2.24) is 24.7 Å². The van der Waals surface area contributed by atoms with Crippen LogP contribution >= 0.6 is 15.9 Å². The summed E-state index contributed by atoms with van der Waals surface area (Å²) < 4.78 is 14.0. The Balaban J connectivity index is 1.29. The summed E-state index contributed by atoms with van der Waals surface area (Å²) in [5.74, 6) is 1.31. The molecule has 7 rings (SSSR count). The second-order valence-electron chi connectivity index (χ2n) is 10.1. The number of halogens is 1. The van der Waals surface area contributed by atoms with Gasteiger partial charge in [0.1, 0.15) is 11.6 Å². The molecule has 0 aliphatic carbocycles. The average Bonchev–Trinajstić information content (AvgIpc) is 3.44. The van der Waals surface area contributed by atoms with Gasteiger partial charge in [0.25, 0.3) is 5.56 Å². The molecule has 11 heteroatoms. The molecule has 0 amide bonds. The van der Waals surface area contributed by atoms with E-state index in [1.807, 2.05) is 47.3 Å². The molecule has 2 saturated heterocycles. The van der Waals surface area contributed by atoms with Gasteiger partial charge in [-0.25, -0.2) is 14.6 Å². The Morgan fingerprint density at radius 3 is 2.70 bits per heavy atom. The van der Waals surface area contributed by atoms with Crippen molar-refractivity contribution >= 4 is 49.2 Å². The highest BCUT2D eigenvalue weighted by Crippen LogP contribution is 2.39. The lowest BCUT2D eigenvalue weighted by atomic mass is 9.98. The summed E-state index contributed by atoms with van der Waals surface area (Å²) >= 11 is 3.67. The predicted octanol–water partition coefficient (Wildman–Crippen LogP) is 4.88. The van der Waals surface area contributed by atoms with Crippen molar-refractivity contribution in [2.75, 3.05) is 43.5 Å². The second-order valence-corrected chi connectivity index (χ2v) is 11.0. The van der Waals surface area contributed by atoms with Gasteiger partial charge < -0.3 is 25.1 Å². The summed E-state index contributed by atoms with van der Waals surface area (Å²) in [6.45, 7) is 3.71. The highest BCUT2D eigenvalue weighted by Gasteiger charge is 2.22. The number of benzene rings is 2. The molecule has 40 heavy (non-hydrogen) atoms. The van der Waals surface area contributed by atoms with E-state index in [1.54, 1.807) is 6.20 Å². The average molecular weight is 602 g/mol. The third-order valence-corrected chi connectivity index (χ3v) is 8.30. The quantitative estimate of drug-likeness (QED) is 0.279. The topological polar surface area (TPSA) is 124 Å². The van der Waals surface area contributed by atoms with Crippen molar-refractivity contribution in [3.8, 4) is 22.5 Å². The molecule has 1 atom stereocenters. The Hall–Kier alpha value is -3.80. The number of H-pyrrole nitrogens is 1. The maximum atomic E-state index is 13.4. The van der Waals surface area contributed by atoms with Gasteiger partial charge in [0.15, 0.2) is 6.23 Å². The molecular formula is C29H28BrN7O3. The first-order valence-electron chi connectivity index (χ1n) is 13.5. The van der Waals surface area contributed by atoms with Crippen LogP contribution in [0.25, 0.3) is 44.3 Å². The maximum Gasteiger partial charge on any atom is 0.261 e. The van der Waals surface area contributed by atoms with Gasteiger partial charge in [-0.15, -0.1) is 0 Å². The molecular weight excluding hydrogens is 574 g/mol. The Morgan fingerprint density at radius 1 is 1.05 bits per heavy atom. The van der Waals surface area contributed by atoms with Crippen LogP contribution < -0.4 is 16.2 Å². The Bertz CT molecular complexity index is 1770. The first-order valence-corrected chi connectivity index (χ1v) is 14.3. The Kier molecular flexibility index (Phi) is 6.49. The lowest BCUT2D eigenvalue weighted by Crippen LogP contribution is -2.36. The van der Waals surface area contributed by atoms with Crippen molar-refractivity contribution in [2.24, 2.45) is 0 Å². The maximum absolute atomic E-state index is 13.4. The van der Waals surface area contributed by atoms with Crippen LogP contribution in [-0.4, -0.2) is 57.6 Å². The molecule has 10 nitrogen and oxygen atoms in total. The number of nitrogens with two attached hydrogens (primary N) is 1. The highest BCUT2D eigenvalue weighted by atomic mass is 79.9. The minimum absolute atomic E-state index is 0.0786. The molecule has 0 radical (unpaired) electrons. The van der Waals surface area contributed by atoms with E-state index in [0.717, 1.165) is 66.8 Å². The number of fused-ring (bicyclic) bond motifs is 2. The third-order valence-electron chi connectivity index (χ3n) is 7.69. The van der Waals surface area contributed by atoms with Crippen molar-refractivity contribution < 1.29 is 9.47 Å². The number of pyridine rings is 1. The third kappa shape index (κ3) is 4.34. The van der Waals surface area contributed by atoms with E-state index in [2.05, 4.69) is 35.9 Å². The molecule has 1 unspecified atom stereocenters. The zero-order valence-electron chi connectivity index (χ0n) is 21.8. The first-order chi connectivity index (χ1) is 19.6. The number of nitrogens with one attached hydrogen (secondary N) is 1. The number of morpholine rings is 1. The van der Waals surface area contributed by atoms with Crippen molar-refractivity contribution in [1.29, 1.82) is 0 Å². The molecule has 2 fully saturated rings. The fourth-order valence-electron chi connectivity index (χ4n) is 5.62. The van der Waals surface area contributed by atoms with E-state index in [-0.39, 0.29) is 11.8 Å². The molecule has 2 aliphatic rings. The van der Waals surface area contributed by atoms with E-state index >= 15 is 0 Å². The largest absolute Gasteiger partial charge is 0.398 e. The minimum Gasteiger partial charge on any atom is -0.398 e. The van der Waals surface area contributed by atoms with Gasteiger partial charge in [0.05, 0.1) is 41.5 Å². The normalized spacial score (nSPS) is 18.0. The second kappa shape index (κ2) is 10.3. The number of rotatable bonds is 4. The van der Waals surface area contributed by atoms with Gasteiger partial charge in [0, 0.05) is 46.9 Å². The van der Waals surface area contributed by atoms with Crippen LogP contribution in [0.5, 0.6) is 0 Å². The van der Waals surface area contributed by atoms with E-state index < -0.39 is 0 Å². The van der Waals surface area contributed by atoms with E-state index in [4.69, 9.17) is 20.2 Å². The van der Waals surface area contributed by atoms with E-state index in [0.29, 0.717) is 45.7 Å². The van der Waals surface area contributed by atoms with Gasteiger partial charge in [-0.05, 0) is 65.0 Å². The number of hydrogen-bond acceptors (Lipinski definition) is 8. The summed E-state index contributed by atoms with van der Waals surface area (Å²) in [7, 11) is 0. The number of aromatic nitrogens is 5. The number of hydrogen-bond donors (Lipinski definition) is 2. The molecule has 3 N–H and O–H groups in total. The van der Waals surface area contributed by atoms with Crippen LogP contribution in [-0.2, 0) is 9.47 Å².